The van der Waals surface area contributed by atoms with E-state index in [4.69, 9.17) is 4.74 Å². The van der Waals surface area contributed by atoms with E-state index in [1.807, 2.05) is 91.0 Å². The van der Waals surface area contributed by atoms with Gasteiger partial charge < -0.3 is 9.84 Å². The monoisotopic (exact) mass is 431 g/mol. The number of aliphatic imine (C=N–C) groups is 1. The molecule has 0 aromatic heterocycles. The average molecular weight is 431 g/mol. The molecule has 4 nitrogen and oxygen atoms in total. The number of carbonyl (C=O) groups is 1. The highest BCUT2D eigenvalue weighted by Gasteiger charge is 2.44. The van der Waals surface area contributed by atoms with Gasteiger partial charge in [0.1, 0.15) is 5.76 Å². The number of para-hydroxylation sites is 1. The Morgan fingerprint density at radius 3 is 1.85 bits per heavy atom. The molecule has 0 unspecified atom stereocenters. The lowest BCUT2D eigenvalue weighted by molar-refractivity contribution is -0.111. The summed E-state index contributed by atoms with van der Waals surface area (Å²) in [6, 6.07) is 36.1. The highest BCUT2D eigenvalue weighted by atomic mass is 16.5. The maximum absolute atomic E-state index is 13.2. The van der Waals surface area contributed by atoms with Crippen LogP contribution in [0.2, 0.25) is 0 Å². The molecule has 0 radical (unpaired) electrons. The maximum atomic E-state index is 13.2. The van der Waals surface area contributed by atoms with Gasteiger partial charge in [-0.3, -0.25) is 4.79 Å². The van der Waals surface area contributed by atoms with Crippen molar-refractivity contribution in [1.29, 1.82) is 0 Å². The average Bonchev–Trinajstić information content (AvgIpc) is 2.89. The second-order valence-corrected chi connectivity index (χ2v) is 7.71. The Morgan fingerprint density at radius 2 is 1.24 bits per heavy atom. The molecule has 0 aliphatic carbocycles. The number of hydrogen-bond donors (Lipinski definition) is 1. The van der Waals surface area contributed by atoms with Crippen LogP contribution in [0, 0.1) is 0 Å². The van der Waals surface area contributed by atoms with E-state index in [-0.39, 0.29) is 11.7 Å². The molecule has 1 heterocycles. The summed E-state index contributed by atoms with van der Waals surface area (Å²) >= 11 is 0. The molecule has 0 saturated carbocycles. The minimum Gasteiger partial charge on any atom is -0.507 e. The molecule has 33 heavy (non-hydrogen) atoms. The summed E-state index contributed by atoms with van der Waals surface area (Å²) in [7, 11) is 0. The van der Waals surface area contributed by atoms with Gasteiger partial charge in [0.15, 0.2) is 5.60 Å². The Kier molecular flexibility index (Phi) is 5.33. The van der Waals surface area contributed by atoms with E-state index >= 15 is 0 Å². The first-order valence-corrected chi connectivity index (χ1v) is 10.7. The van der Waals surface area contributed by atoms with Crippen LogP contribution < -0.4 is 0 Å². The smallest absolute Gasteiger partial charge is 0.264 e. The van der Waals surface area contributed by atoms with E-state index < -0.39 is 11.4 Å². The zero-order valence-electron chi connectivity index (χ0n) is 17.8. The Hall–Kier alpha value is -4.44. The van der Waals surface area contributed by atoms with Crippen molar-refractivity contribution in [2.75, 3.05) is 0 Å². The molecule has 4 aromatic rings. The van der Waals surface area contributed by atoms with Gasteiger partial charge in [-0.15, -0.1) is 0 Å². The number of aliphatic hydroxyl groups excluding tert-OH is 1. The Bertz CT molecular complexity index is 1300. The largest absolute Gasteiger partial charge is 0.507 e. The van der Waals surface area contributed by atoms with Crippen molar-refractivity contribution in [2.24, 2.45) is 4.99 Å². The lowest BCUT2D eigenvalue weighted by Gasteiger charge is -2.39. The minimum absolute atomic E-state index is 0.0797. The van der Waals surface area contributed by atoms with Crippen LogP contribution in [0.3, 0.4) is 0 Å². The second kappa shape index (κ2) is 8.60. The van der Waals surface area contributed by atoms with Crippen LogP contribution in [-0.4, -0.2) is 16.8 Å². The van der Waals surface area contributed by atoms with E-state index in [9.17, 15) is 9.90 Å². The summed E-state index contributed by atoms with van der Waals surface area (Å²) in [5.74, 6) is -0.734. The van der Waals surface area contributed by atoms with Crippen molar-refractivity contribution in [3.63, 3.8) is 0 Å². The highest BCUT2D eigenvalue weighted by molar-refractivity contribution is 6.42. The zero-order chi connectivity index (χ0) is 22.7. The van der Waals surface area contributed by atoms with Gasteiger partial charge >= 0.3 is 0 Å². The minimum atomic E-state index is -1.07. The van der Waals surface area contributed by atoms with Crippen LogP contribution in [0.1, 0.15) is 22.3 Å². The number of benzene rings is 4. The summed E-state index contributed by atoms with van der Waals surface area (Å²) in [6.07, 6.45) is 1.16. The summed E-state index contributed by atoms with van der Waals surface area (Å²) < 4.78 is 6.52. The molecule has 4 aromatic carbocycles. The number of aliphatic hydroxyl groups is 1. The number of rotatable bonds is 5. The van der Waals surface area contributed by atoms with Crippen LogP contribution in [0.15, 0.2) is 126 Å². The van der Waals surface area contributed by atoms with Gasteiger partial charge in [-0.1, -0.05) is 109 Å². The topological polar surface area (TPSA) is 58.9 Å². The van der Waals surface area contributed by atoms with E-state index in [1.165, 1.54) is 0 Å². The van der Waals surface area contributed by atoms with Crippen LogP contribution in [-0.2, 0) is 15.1 Å². The molecule has 5 rings (SSSR count). The van der Waals surface area contributed by atoms with Gasteiger partial charge in [0.2, 0.25) is 5.78 Å². The van der Waals surface area contributed by atoms with E-state index in [0.29, 0.717) is 11.3 Å². The first kappa shape index (κ1) is 20.5. The summed E-state index contributed by atoms with van der Waals surface area (Å²) in [5, 5.41) is 10.5. The number of carbonyl (C=O) groups excluding carboxylic acids is 1. The van der Waals surface area contributed by atoms with Crippen molar-refractivity contribution < 1.29 is 14.6 Å². The first-order valence-electron chi connectivity index (χ1n) is 10.7. The van der Waals surface area contributed by atoms with Crippen LogP contribution >= 0.6 is 0 Å². The van der Waals surface area contributed by atoms with E-state index in [1.54, 1.807) is 24.3 Å². The third-order valence-corrected chi connectivity index (χ3v) is 5.66. The van der Waals surface area contributed by atoms with E-state index in [0.717, 1.165) is 22.8 Å². The van der Waals surface area contributed by atoms with Crippen molar-refractivity contribution in [2.45, 2.75) is 5.60 Å². The normalized spacial score (nSPS) is 14.5. The van der Waals surface area contributed by atoms with Gasteiger partial charge in [0, 0.05) is 28.3 Å². The van der Waals surface area contributed by atoms with Gasteiger partial charge in [-0.05, 0) is 6.07 Å². The number of hydrogen-bond acceptors (Lipinski definition) is 4. The van der Waals surface area contributed by atoms with Gasteiger partial charge in [0.05, 0.1) is 5.69 Å². The number of ketones is 1. The summed E-state index contributed by atoms with van der Waals surface area (Å²) in [5.41, 5.74) is 2.71. The van der Waals surface area contributed by atoms with Gasteiger partial charge in [0.25, 0.3) is 5.90 Å². The predicted molar refractivity (Wildman–Crippen MR) is 129 cm³/mol. The first-order chi connectivity index (χ1) is 16.2. The van der Waals surface area contributed by atoms with Gasteiger partial charge in [-0.2, -0.15) is 0 Å². The molecular formula is C29H21NO3. The number of nitrogens with zero attached hydrogens (tertiary/aromatic N) is 1. The van der Waals surface area contributed by atoms with Crippen molar-refractivity contribution >= 4 is 23.1 Å². The van der Waals surface area contributed by atoms with Crippen molar-refractivity contribution in [3.05, 3.63) is 144 Å². The molecule has 0 bridgehead atoms. The van der Waals surface area contributed by atoms with E-state index in [2.05, 4.69) is 4.99 Å². The fourth-order valence-electron chi connectivity index (χ4n) is 4.13. The molecule has 160 valence electrons. The van der Waals surface area contributed by atoms with Crippen LogP contribution in [0.5, 0.6) is 0 Å². The highest BCUT2D eigenvalue weighted by Crippen LogP contribution is 2.47. The molecule has 0 atom stereocenters. The standard InChI is InChI=1S/C29H21NO3/c31-26(21-12-4-1-5-13-21)20-27(32)28-30-25-19-11-10-18-24(25)29(33-28,22-14-6-2-7-15-22)23-16-8-3-9-17-23/h1-20,31H/b26-20-. The quantitative estimate of drug-likeness (QED) is 0.302. The molecule has 4 heteroatoms. The lowest BCUT2D eigenvalue weighted by Crippen LogP contribution is -2.39. The zero-order valence-corrected chi connectivity index (χ0v) is 17.8. The van der Waals surface area contributed by atoms with Crippen molar-refractivity contribution in [1.82, 2.24) is 0 Å². The molecule has 0 fully saturated rings. The van der Waals surface area contributed by atoms with Crippen molar-refractivity contribution in [3.8, 4) is 0 Å². The van der Waals surface area contributed by atoms with Crippen LogP contribution in [0.4, 0.5) is 5.69 Å². The van der Waals surface area contributed by atoms with Gasteiger partial charge in [-0.25, -0.2) is 4.99 Å². The fraction of sp³-hybridized carbons (Fsp3) is 0.0345. The van der Waals surface area contributed by atoms with Crippen LogP contribution in [0.25, 0.3) is 5.76 Å². The predicted octanol–water partition coefficient (Wildman–Crippen LogP) is 6.21. The summed E-state index contributed by atoms with van der Waals surface area (Å²) in [4.78, 5) is 17.8. The third kappa shape index (κ3) is 3.72. The molecule has 0 amide bonds. The number of ether oxygens (including phenoxy) is 1. The Morgan fingerprint density at radius 1 is 0.727 bits per heavy atom. The lowest BCUT2D eigenvalue weighted by atomic mass is 9.78. The molecule has 1 aliphatic rings. The maximum Gasteiger partial charge on any atom is 0.264 e. The molecular weight excluding hydrogens is 410 g/mol. The third-order valence-electron chi connectivity index (χ3n) is 5.66. The molecule has 0 spiro atoms. The molecule has 1 aliphatic heterocycles. The fourth-order valence-corrected chi connectivity index (χ4v) is 4.13. The molecule has 0 saturated heterocycles. The Balaban J connectivity index is 1.68. The molecule has 1 N–H and O–H groups in total. The number of fused-ring (bicyclic) bond motifs is 1. The SMILES string of the molecule is O=C(/C=C(\O)c1ccccc1)C1=Nc2ccccc2C(c2ccccc2)(c2ccccc2)O1. The Labute approximate surface area is 192 Å². The summed E-state index contributed by atoms with van der Waals surface area (Å²) in [6.45, 7) is 0. The second-order valence-electron chi connectivity index (χ2n) is 7.71.